The minimum atomic E-state index is -0.304. The maximum absolute atomic E-state index is 13.1. The van der Waals surface area contributed by atoms with Crippen LogP contribution in [-0.2, 0) is 11.8 Å². The van der Waals surface area contributed by atoms with Gasteiger partial charge in [0.25, 0.3) is 11.5 Å². The maximum Gasteiger partial charge on any atom is 0.270 e. The summed E-state index contributed by atoms with van der Waals surface area (Å²) >= 11 is 6.77. The highest BCUT2D eigenvalue weighted by molar-refractivity contribution is 8.26. The number of nitriles is 1. The van der Waals surface area contributed by atoms with Crippen molar-refractivity contribution in [2.45, 2.75) is 40.0 Å². The predicted molar refractivity (Wildman–Crippen MR) is 135 cm³/mol. The third kappa shape index (κ3) is 4.77. The first-order valence-corrected chi connectivity index (χ1v) is 12.4. The number of nitrogens with zero attached hydrogens (tertiary/aromatic N) is 5. The van der Waals surface area contributed by atoms with Gasteiger partial charge in [0.05, 0.1) is 4.91 Å². The lowest BCUT2D eigenvalue weighted by molar-refractivity contribution is -0.122. The fourth-order valence-corrected chi connectivity index (χ4v) is 5.50. The number of carbonyl (C=O) groups is 1. The van der Waals surface area contributed by atoms with E-state index in [1.54, 1.807) is 23.4 Å². The van der Waals surface area contributed by atoms with E-state index in [1.165, 1.54) is 11.8 Å². The van der Waals surface area contributed by atoms with Gasteiger partial charge in [-0.2, -0.15) is 5.26 Å². The molecular weight excluding hydrogens is 442 g/mol. The first-order chi connectivity index (χ1) is 15.3. The molecule has 2 fully saturated rings. The van der Waals surface area contributed by atoms with Gasteiger partial charge >= 0.3 is 0 Å². The van der Waals surface area contributed by atoms with Crippen molar-refractivity contribution in [1.29, 1.82) is 5.26 Å². The van der Waals surface area contributed by atoms with Gasteiger partial charge in [-0.05, 0) is 31.5 Å². The van der Waals surface area contributed by atoms with Crippen LogP contribution < -0.4 is 10.5 Å². The Morgan fingerprint density at radius 2 is 1.84 bits per heavy atom. The summed E-state index contributed by atoms with van der Waals surface area (Å²) in [6.45, 7) is 11.1. The third-order valence-electron chi connectivity index (χ3n) is 6.22. The summed E-state index contributed by atoms with van der Waals surface area (Å²) in [4.78, 5) is 32.8. The number of hydrogen-bond acceptors (Lipinski definition) is 7. The first kappa shape index (κ1) is 24.5. The SMILES string of the molecule is CCCCCN1C(=O)/C(=C/c2c(C)c(C#N)c(=O)n(C)c2N2CCN(CC)CC2)SC1=S. The van der Waals surface area contributed by atoms with E-state index in [4.69, 9.17) is 12.2 Å². The van der Waals surface area contributed by atoms with Crippen LogP contribution >= 0.6 is 24.0 Å². The minimum absolute atomic E-state index is 0.0929. The van der Waals surface area contributed by atoms with Gasteiger partial charge in [-0.15, -0.1) is 0 Å². The predicted octanol–water partition coefficient (Wildman–Crippen LogP) is 3.10. The van der Waals surface area contributed by atoms with Gasteiger partial charge in [0.15, 0.2) is 0 Å². The van der Waals surface area contributed by atoms with E-state index in [2.05, 4.69) is 29.7 Å². The molecular formula is C23H31N5O2S2. The zero-order valence-electron chi connectivity index (χ0n) is 19.3. The van der Waals surface area contributed by atoms with E-state index in [1.807, 2.05) is 6.08 Å². The van der Waals surface area contributed by atoms with Gasteiger partial charge in [0.1, 0.15) is 21.8 Å². The molecule has 0 atom stereocenters. The molecule has 0 saturated carbocycles. The average Bonchev–Trinajstić information content (AvgIpc) is 3.05. The number of rotatable bonds is 7. The van der Waals surface area contributed by atoms with Crippen LogP contribution in [0.2, 0.25) is 0 Å². The molecule has 1 amide bonds. The van der Waals surface area contributed by atoms with Crippen molar-refractivity contribution >= 4 is 46.1 Å². The van der Waals surface area contributed by atoms with Crippen molar-refractivity contribution in [3.63, 3.8) is 0 Å². The monoisotopic (exact) mass is 473 g/mol. The quantitative estimate of drug-likeness (QED) is 0.342. The molecule has 7 nitrogen and oxygen atoms in total. The molecule has 1 aromatic rings. The Morgan fingerprint density at radius 1 is 1.16 bits per heavy atom. The summed E-state index contributed by atoms with van der Waals surface area (Å²) < 4.78 is 2.12. The summed E-state index contributed by atoms with van der Waals surface area (Å²) in [6.07, 6.45) is 4.87. The molecule has 2 aliphatic heterocycles. The fourth-order valence-electron chi connectivity index (χ4n) is 4.21. The van der Waals surface area contributed by atoms with Crippen LogP contribution in [0.25, 0.3) is 6.08 Å². The summed E-state index contributed by atoms with van der Waals surface area (Å²) in [7, 11) is 1.71. The Kier molecular flexibility index (Phi) is 8.15. The normalized spacial score (nSPS) is 18.7. The molecule has 3 heterocycles. The highest BCUT2D eigenvalue weighted by Crippen LogP contribution is 2.36. The van der Waals surface area contributed by atoms with Crippen LogP contribution in [0.4, 0.5) is 5.82 Å². The second-order valence-corrected chi connectivity index (χ2v) is 9.85. The van der Waals surface area contributed by atoms with Crippen LogP contribution in [0, 0.1) is 18.3 Å². The van der Waals surface area contributed by atoms with Crippen molar-refractivity contribution in [2.24, 2.45) is 7.05 Å². The molecule has 0 radical (unpaired) electrons. The molecule has 0 aromatic carbocycles. The molecule has 2 aliphatic rings. The molecule has 2 saturated heterocycles. The van der Waals surface area contributed by atoms with E-state index in [0.29, 0.717) is 21.3 Å². The average molecular weight is 474 g/mol. The van der Waals surface area contributed by atoms with Crippen molar-refractivity contribution < 1.29 is 4.79 Å². The Bertz CT molecular complexity index is 1030. The van der Waals surface area contributed by atoms with E-state index in [-0.39, 0.29) is 17.0 Å². The van der Waals surface area contributed by atoms with Crippen molar-refractivity contribution in [2.75, 3.05) is 44.2 Å². The summed E-state index contributed by atoms with van der Waals surface area (Å²) in [5.74, 6) is 0.670. The standard InChI is InChI=1S/C23H31N5O2S2/c1-5-7-8-9-28-22(30)19(32-23(28)31)14-17-16(3)18(15-24)21(29)25(4)20(17)27-12-10-26(6-2)11-13-27/h14H,5-13H2,1-4H3/b19-14-. The number of amides is 1. The Balaban J connectivity index is 2.05. The highest BCUT2D eigenvalue weighted by Gasteiger charge is 2.33. The lowest BCUT2D eigenvalue weighted by Gasteiger charge is -2.37. The van der Waals surface area contributed by atoms with Crippen LogP contribution in [-0.4, -0.2) is 63.9 Å². The lowest BCUT2D eigenvalue weighted by atomic mass is 10.0. The highest BCUT2D eigenvalue weighted by atomic mass is 32.2. The molecule has 0 spiro atoms. The summed E-state index contributed by atoms with van der Waals surface area (Å²) in [6, 6.07) is 2.06. The van der Waals surface area contributed by atoms with E-state index < -0.39 is 0 Å². The van der Waals surface area contributed by atoms with Crippen LogP contribution in [0.1, 0.15) is 49.8 Å². The number of aromatic nitrogens is 1. The second kappa shape index (κ2) is 10.6. The van der Waals surface area contributed by atoms with Crippen LogP contribution in [0.15, 0.2) is 9.70 Å². The molecule has 3 rings (SSSR count). The van der Waals surface area contributed by atoms with Crippen LogP contribution in [0.5, 0.6) is 0 Å². The van der Waals surface area contributed by atoms with E-state index in [0.717, 1.165) is 63.4 Å². The Labute approximate surface area is 199 Å². The lowest BCUT2D eigenvalue weighted by Crippen LogP contribution is -2.48. The number of anilines is 1. The fraction of sp³-hybridized carbons (Fsp3) is 0.565. The topological polar surface area (TPSA) is 72.6 Å². The molecule has 172 valence electrons. The van der Waals surface area contributed by atoms with Gasteiger partial charge in [-0.25, -0.2) is 0 Å². The number of unbranched alkanes of at least 4 members (excludes halogenated alkanes) is 2. The zero-order valence-corrected chi connectivity index (χ0v) is 20.9. The van der Waals surface area contributed by atoms with Gasteiger partial charge in [-0.1, -0.05) is 50.7 Å². The van der Waals surface area contributed by atoms with Crippen molar-refractivity contribution in [3.8, 4) is 6.07 Å². The number of pyridine rings is 1. The minimum Gasteiger partial charge on any atom is -0.355 e. The molecule has 0 unspecified atom stereocenters. The molecule has 0 bridgehead atoms. The summed E-state index contributed by atoms with van der Waals surface area (Å²) in [5, 5.41) is 9.63. The molecule has 9 heteroatoms. The van der Waals surface area contributed by atoms with Gasteiger partial charge < -0.3 is 9.80 Å². The third-order valence-corrected chi connectivity index (χ3v) is 7.60. The second-order valence-electron chi connectivity index (χ2n) is 8.18. The number of hydrogen-bond donors (Lipinski definition) is 0. The summed E-state index contributed by atoms with van der Waals surface area (Å²) in [5.41, 5.74) is 1.18. The van der Waals surface area contributed by atoms with Gasteiger partial charge in [-0.3, -0.25) is 19.1 Å². The Morgan fingerprint density at radius 3 is 2.44 bits per heavy atom. The number of thioether (sulfide) groups is 1. The van der Waals surface area contributed by atoms with Gasteiger partial charge in [0.2, 0.25) is 0 Å². The maximum atomic E-state index is 13.1. The molecule has 32 heavy (non-hydrogen) atoms. The van der Waals surface area contributed by atoms with Crippen LogP contribution in [0.3, 0.4) is 0 Å². The molecule has 0 aliphatic carbocycles. The van der Waals surface area contributed by atoms with E-state index >= 15 is 0 Å². The number of likely N-dealkylation sites (N-methyl/N-ethyl adjacent to an activating group) is 1. The molecule has 1 aromatic heterocycles. The van der Waals surface area contributed by atoms with E-state index in [9.17, 15) is 14.9 Å². The van der Waals surface area contributed by atoms with Crippen molar-refractivity contribution in [3.05, 3.63) is 31.9 Å². The smallest absolute Gasteiger partial charge is 0.270 e. The first-order valence-electron chi connectivity index (χ1n) is 11.2. The van der Waals surface area contributed by atoms with Crippen molar-refractivity contribution in [1.82, 2.24) is 14.4 Å². The molecule has 0 N–H and O–H groups in total. The zero-order chi connectivity index (χ0) is 23.4. The van der Waals surface area contributed by atoms with Gasteiger partial charge in [0, 0.05) is 45.3 Å². The number of carbonyl (C=O) groups excluding carboxylic acids is 1. The largest absolute Gasteiger partial charge is 0.355 e. The number of piperazine rings is 1. The number of thiocarbonyl (C=S) groups is 1. The Hall–Kier alpha value is -2.15.